The largest absolute Gasteiger partial charge is 0.478 e. The molecule has 0 saturated heterocycles. The van der Waals surface area contributed by atoms with Crippen LogP contribution in [0.25, 0.3) is 0 Å². The molecule has 12 heavy (non-hydrogen) atoms. The monoisotopic (exact) mass is 172 g/mol. The summed E-state index contributed by atoms with van der Waals surface area (Å²) in [5.74, 6) is -0.887. The third kappa shape index (κ3) is 5.92. The number of hydrogen-bond acceptors (Lipinski definition) is 2. The number of methoxy groups -OCH3 is 1. The van der Waals surface area contributed by atoms with E-state index in [1.807, 2.05) is 0 Å². The number of carbonyl (C=O) groups is 1. The first-order valence-corrected chi connectivity index (χ1v) is 4.08. The number of aliphatic carboxylic acids is 1. The van der Waals surface area contributed by atoms with E-state index in [1.54, 1.807) is 7.11 Å². The summed E-state index contributed by atoms with van der Waals surface area (Å²) < 4.78 is 4.86. The van der Waals surface area contributed by atoms with E-state index in [0.29, 0.717) is 12.0 Å². The zero-order chi connectivity index (χ0) is 9.40. The molecule has 1 N–H and O–H groups in total. The van der Waals surface area contributed by atoms with Crippen LogP contribution in [0.5, 0.6) is 0 Å². The van der Waals surface area contributed by atoms with Gasteiger partial charge < -0.3 is 9.84 Å². The summed E-state index contributed by atoms with van der Waals surface area (Å²) in [5.41, 5.74) is 0.299. The van der Waals surface area contributed by atoms with E-state index in [9.17, 15) is 4.79 Å². The molecule has 3 heteroatoms. The summed E-state index contributed by atoms with van der Waals surface area (Å²) in [5, 5.41) is 8.46. The van der Waals surface area contributed by atoms with E-state index in [0.717, 1.165) is 25.9 Å². The number of unbranched alkanes of at least 4 members (excludes halogenated alkanes) is 2. The highest BCUT2D eigenvalue weighted by Gasteiger charge is 2.01. The van der Waals surface area contributed by atoms with Gasteiger partial charge in [0.15, 0.2) is 0 Å². The Morgan fingerprint density at radius 1 is 1.42 bits per heavy atom. The Balaban J connectivity index is 3.20. The fourth-order valence-electron chi connectivity index (χ4n) is 0.868. The number of rotatable bonds is 7. The predicted octanol–water partition coefficient (Wildman–Crippen LogP) is 1.83. The topological polar surface area (TPSA) is 46.5 Å². The smallest absolute Gasteiger partial charge is 0.330 e. The van der Waals surface area contributed by atoms with Gasteiger partial charge in [-0.05, 0) is 19.3 Å². The molecule has 0 atom stereocenters. The molecule has 70 valence electrons. The number of ether oxygens (including phenoxy) is 1. The van der Waals surface area contributed by atoms with Crippen LogP contribution in [0, 0.1) is 0 Å². The fraction of sp³-hybridized carbons (Fsp3) is 0.667. The molecule has 0 aliphatic rings. The lowest BCUT2D eigenvalue weighted by atomic mass is 10.1. The highest BCUT2D eigenvalue weighted by Crippen LogP contribution is 2.06. The van der Waals surface area contributed by atoms with Crippen molar-refractivity contribution in [3.63, 3.8) is 0 Å². The van der Waals surface area contributed by atoms with Crippen molar-refractivity contribution in [3.05, 3.63) is 12.2 Å². The Morgan fingerprint density at radius 3 is 2.58 bits per heavy atom. The van der Waals surface area contributed by atoms with Gasteiger partial charge in [-0.25, -0.2) is 4.79 Å². The van der Waals surface area contributed by atoms with Crippen LogP contribution < -0.4 is 0 Å². The molecule has 0 aromatic carbocycles. The molecular formula is C9H16O3. The molecule has 0 unspecified atom stereocenters. The van der Waals surface area contributed by atoms with E-state index in [4.69, 9.17) is 9.84 Å². The summed E-state index contributed by atoms with van der Waals surface area (Å²) in [4.78, 5) is 10.3. The Hall–Kier alpha value is -0.830. The first kappa shape index (κ1) is 11.2. The van der Waals surface area contributed by atoms with Crippen molar-refractivity contribution in [1.29, 1.82) is 0 Å². The molecule has 0 amide bonds. The molecule has 0 aliphatic carbocycles. The van der Waals surface area contributed by atoms with Gasteiger partial charge in [0.25, 0.3) is 0 Å². The summed E-state index contributed by atoms with van der Waals surface area (Å²) in [6.07, 6.45) is 3.46. The maximum atomic E-state index is 10.3. The van der Waals surface area contributed by atoms with E-state index >= 15 is 0 Å². The molecule has 0 aromatic heterocycles. The van der Waals surface area contributed by atoms with Crippen molar-refractivity contribution in [2.75, 3.05) is 13.7 Å². The molecule has 0 fully saturated rings. The van der Waals surface area contributed by atoms with Crippen LogP contribution in [0.2, 0.25) is 0 Å². The third-order valence-corrected chi connectivity index (χ3v) is 1.63. The Kier molecular flexibility index (Phi) is 6.38. The van der Waals surface area contributed by atoms with Crippen molar-refractivity contribution in [3.8, 4) is 0 Å². The maximum absolute atomic E-state index is 10.3. The van der Waals surface area contributed by atoms with Gasteiger partial charge in [0.1, 0.15) is 0 Å². The zero-order valence-corrected chi connectivity index (χ0v) is 7.51. The highest BCUT2D eigenvalue weighted by atomic mass is 16.5. The minimum absolute atomic E-state index is 0.299. The van der Waals surface area contributed by atoms with Gasteiger partial charge >= 0.3 is 5.97 Å². The normalized spacial score (nSPS) is 9.75. The molecule has 0 aromatic rings. The molecule has 3 nitrogen and oxygen atoms in total. The average molecular weight is 172 g/mol. The minimum atomic E-state index is -0.887. The van der Waals surface area contributed by atoms with Crippen LogP contribution in [-0.2, 0) is 9.53 Å². The first-order chi connectivity index (χ1) is 5.68. The van der Waals surface area contributed by atoms with Crippen LogP contribution in [-0.4, -0.2) is 24.8 Å². The third-order valence-electron chi connectivity index (χ3n) is 1.63. The maximum Gasteiger partial charge on any atom is 0.330 e. The van der Waals surface area contributed by atoms with Gasteiger partial charge in [0, 0.05) is 19.3 Å². The van der Waals surface area contributed by atoms with Crippen LogP contribution in [0.1, 0.15) is 25.7 Å². The van der Waals surface area contributed by atoms with E-state index in [1.165, 1.54) is 0 Å². The molecule has 0 spiro atoms. The second kappa shape index (κ2) is 6.85. The van der Waals surface area contributed by atoms with Gasteiger partial charge in [0.2, 0.25) is 0 Å². The van der Waals surface area contributed by atoms with Gasteiger partial charge in [0.05, 0.1) is 0 Å². The zero-order valence-electron chi connectivity index (χ0n) is 7.51. The number of carboxylic acids is 1. The van der Waals surface area contributed by atoms with Crippen molar-refractivity contribution in [2.24, 2.45) is 0 Å². The van der Waals surface area contributed by atoms with Crippen LogP contribution >= 0.6 is 0 Å². The molecular weight excluding hydrogens is 156 g/mol. The Labute approximate surface area is 73.0 Å². The Bertz CT molecular complexity index is 152. The second-order valence-electron chi connectivity index (χ2n) is 2.71. The van der Waals surface area contributed by atoms with Crippen LogP contribution in [0.15, 0.2) is 12.2 Å². The van der Waals surface area contributed by atoms with Crippen LogP contribution in [0.3, 0.4) is 0 Å². The lowest BCUT2D eigenvalue weighted by Gasteiger charge is -2.00. The molecule has 0 heterocycles. The van der Waals surface area contributed by atoms with Crippen molar-refractivity contribution < 1.29 is 14.6 Å². The van der Waals surface area contributed by atoms with Gasteiger partial charge in [-0.1, -0.05) is 13.0 Å². The molecule has 0 radical (unpaired) electrons. The van der Waals surface area contributed by atoms with Gasteiger partial charge in [-0.15, -0.1) is 0 Å². The molecule has 0 bridgehead atoms. The lowest BCUT2D eigenvalue weighted by molar-refractivity contribution is -0.132. The average Bonchev–Trinajstić information content (AvgIpc) is 2.03. The summed E-state index contributed by atoms with van der Waals surface area (Å²) >= 11 is 0. The number of carboxylic acid groups (broad SMARTS) is 1. The first-order valence-electron chi connectivity index (χ1n) is 4.08. The summed E-state index contributed by atoms with van der Waals surface area (Å²) in [6.45, 7) is 4.19. The Morgan fingerprint density at radius 2 is 2.08 bits per heavy atom. The summed E-state index contributed by atoms with van der Waals surface area (Å²) in [6, 6.07) is 0. The predicted molar refractivity (Wildman–Crippen MR) is 47.1 cm³/mol. The van der Waals surface area contributed by atoms with Crippen molar-refractivity contribution in [2.45, 2.75) is 25.7 Å². The van der Waals surface area contributed by atoms with Crippen molar-refractivity contribution in [1.82, 2.24) is 0 Å². The molecule has 0 aliphatic heterocycles. The van der Waals surface area contributed by atoms with E-state index in [-0.39, 0.29) is 0 Å². The lowest BCUT2D eigenvalue weighted by Crippen LogP contribution is -1.98. The van der Waals surface area contributed by atoms with Crippen LogP contribution in [0.4, 0.5) is 0 Å². The molecule has 0 saturated carbocycles. The quantitative estimate of drug-likeness (QED) is 0.470. The SMILES string of the molecule is C=C(CCCCCOC)C(=O)O. The van der Waals surface area contributed by atoms with E-state index < -0.39 is 5.97 Å². The second-order valence-corrected chi connectivity index (χ2v) is 2.71. The van der Waals surface area contributed by atoms with E-state index in [2.05, 4.69) is 6.58 Å². The standard InChI is InChI=1S/C9H16O3/c1-8(9(10)11)6-4-3-5-7-12-2/h1,3-7H2,2H3,(H,10,11). The minimum Gasteiger partial charge on any atom is -0.478 e. The highest BCUT2D eigenvalue weighted by molar-refractivity contribution is 5.85. The molecule has 0 rings (SSSR count). The van der Waals surface area contributed by atoms with Gasteiger partial charge in [-0.3, -0.25) is 0 Å². The van der Waals surface area contributed by atoms with Crippen molar-refractivity contribution >= 4 is 5.97 Å². The fourth-order valence-corrected chi connectivity index (χ4v) is 0.868. The summed E-state index contributed by atoms with van der Waals surface area (Å²) in [7, 11) is 1.66. The number of hydrogen-bond donors (Lipinski definition) is 1. The van der Waals surface area contributed by atoms with Gasteiger partial charge in [-0.2, -0.15) is 0 Å².